The van der Waals surface area contributed by atoms with Gasteiger partial charge in [0.2, 0.25) is 0 Å². The number of hydrogen-bond acceptors (Lipinski definition) is 4. The van der Waals surface area contributed by atoms with E-state index in [2.05, 4.69) is 18.8 Å². The minimum atomic E-state index is -0.129. The molecule has 19 heavy (non-hydrogen) atoms. The number of rotatable bonds is 6. The summed E-state index contributed by atoms with van der Waals surface area (Å²) in [5.74, 6) is 0.245. The van der Waals surface area contributed by atoms with Gasteiger partial charge in [-0.05, 0) is 18.1 Å². The summed E-state index contributed by atoms with van der Waals surface area (Å²) in [6, 6.07) is 5.17. The number of carbonyl (C=O) groups excluding carboxylic acids is 1. The number of ether oxygens (including phenoxy) is 1. The Kier molecular flexibility index (Phi) is 5.97. The Morgan fingerprint density at radius 3 is 2.74 bits per heavy atom. The van der Waals surface area contributed by atoms with Gasteiger partial charge in [-0.3, -0.25) is 4.79 Å². The van der Waals surface area contributed by atoms with Crippen molar-refractivity contribution < 1.29 is 9.53 Å². The van der Waals surface area contributed by atoms with E-state index in [0.717, 1.165) is 0 Å². The molecule has 5 nitrogen and oxygen atoms in total. The quantitative estimate of drug-likeness (QED) is 0.781. The largest absolute Gasteiger partial charge is 0.383 e. The molecular formula is C14H19N3O2. The van der Waals surface area contributed by atoms with Crippen LogP contribution in [0.15, 0.2) is 18.3 Å². The first-order chi connectivity index (χ1) is 9.08. The molecule has 0 radical (unpaired) electrons. The first kappa shape index (κ1) is 15.1. The minimum Gasteiger partial charge on any atom is -0.383 e. The molecule has 1 heterocycles. The molecule has 0 spiro atoms. The van der Waals surface area contributed by atoms with Gasteiger partial charge in [0.05, 0.1) is 12.2 Å². The first-order valence-electron chi connectivity index (χ1n) is 6.22. The number of amides is 1. The van der Waals surface area contributed by atoms with Crippen LogP contribution in [0.4, 0.5) is 0 Å². The molecular weight excluding hydrogens is 242 g/mol. The molecule has 0 aromatic carbocycles. The SMILES string of the molecule is COCCN(CC(C)C)C(=O)c1ccc(C#N)cn1. The van der Waals surface area contributed by atoms with Crippen LogP contribution in [0.25, 0.3) is 0 Å². The molecule has 0 N–H and O–H groups in total. The molecule has 1 aromatic rings. The summed E-state index contributed by atoms with van der Waals surface area (Å²) < 4.78 is 5.02. The van der Waals surface area contributed by atoms with E-state index in [1.165, 1.54) is 6.20 Å². The summed E-state index contributed by atoms with van der Waals surface area (Å²) in [5.41, 5.74) is 0.805. The van der Waals surface area contributed by atoms with Gasteiger partial charge in [0.15, 0.2) is 0 Å². The monoisotopic (exact) mass is 261 g/mol. The summed E-state index contributed by atoms with van der Waals surface area (Å²) in [6.07, 6.45) is 1.41. The number of carbonyl (C=O) groups is 1. The number of pyridine rings is 1. The topological polar surface area (TPSA) is 66.2 Å². The zero-order valence-electron chi connectivity index (χ0n) is 11.6. The molecule has 0 saturated heterocycles. The molecule has 0 aliphatic heterocycles. The highest BCUT2D eigenvalue weighted by Crippen LogP contribution is 2.06. The standard InChI is InChI=1S/C14H19N3O2/c1-11(2)10-17(6-7-19-3)14(18)13-5-4-12(8-15)9-16-13/h4-5,9,11H,6-7,10H2,1-3H3. The Hall–Kier alpha value is -1.93. The van der Waals surface area contributed by atoms with E-state index in [4.69, 9.17) is 10.00 Å². The molecule has 5 heteroatoms. The average molecular weight is 261 g/mol. The van der Waals surface area contributed by atoms with E-state index >= 15 is 0 Å². The number of methoxy groups -OCH3 is 1. The van der Waals surface area contributed by atoms with Gasteiger partial charge in [0.25, 0.3) is 5.91 Å². The Balaban J connectivity index is 2.81. The molecule has 0 fully saturated rings. The van der Waals surface area contributed by atoms with Gasteiger partial charge < -0.3 is 9.64 Å². The normalized spacial score (nSPS) is 10.3. The van der Waals surface area contributed by atoms with Crippen LogP contribution in [-0.2, 0) is 4.74 Å². The predicted molar refractivity (Wildman–Crippen MR) is 71.6 cm³/mol. The van der Waals surface area contributed by atoms with Crippen molar-refractivity contribution in [1.29, 1.82) is 5.26 Å². The maximum atomic E-state index is 12.3. The van der Waals surface area contributed by atoms with Crippen LogP contribution in [0.1, 0.15) is 29.9 Å². The molecule has 0 bridgehead atoms. The zero-order valence-corrected chi connectivity index (χ0v) is 11.6. The van der Waals surface area contributed by atoms with Crippen LogP contribution in [0, 0.1) is 17.2 Å². The molecule has 1 aromatic heterocycles. The van der Waals surface area contributed by atoms with E-state index in [0.29, 0.717) is 36.9 Å². The van der Waals surface area contributed by atoms with Gasteiger partial charge in [-0.15, -0.1) is 0 Å². The maximum Gasteiger partial charge on any atom is 0.272 e. The van der Waals surface area contributed by atoms with Crippen LogP contribution in [0.5, 0.6) is 0 Å². The Morgan fingerprint density at radius 1 is 1.53 bits per heavy atom. The van der Waals surface area contributed by atoms with E-state index in [9.17, 15) is 4.79 Å². The third-order valence-corrected chi connectivity index (χ3v) is 2.55. The average Bonchev–Trinajstić information content (AvgIpc) is 2.42. The summed E-state index contributed by atoms with van der Waals surface area (Å²) in [5, 5.41) is 8.71. The van der Waals surface area contributed by atoms with Gasteiger partial charge in [-0.2, -0.15) is 5.26 Å². The van der Waals surface area contributed by atoms with Gasteiger partial charge in [0.1, 0.15) is 11.8 Å². The first-order valence-corrected chi connectivity index (χ1v) is 6.22. The fourth-order valence-electron chi connectivity index (χ4n) is 1.67. The summed E-state index contributed by atoms with van der Waals surface area (Å²) in [7, 11) is 1.61. The van der Waals surface area contributed by atoms with Crippen molar-refractivity contribution in [3.63, 3.8) is 0 Å². The third kappa shape index (κ3) is 4.68. The number of hydrogen-bond donors (Lipinski definition) is 0. The van der Waals surface area contributed by atoms with Crippen molar-refractivity contribution >= 4 is 5.91 Å². The van der Waals surface area contributed by atoms with Crippen LogP contribution in [-0.4, -0.2) is 42.6 Å². The zero-order chi connectivity index (χ0) is 14.3. The van der Waals surface area contributed by atoms with E-state index in [1.54, 1.807) is 24.1 Å². The minimum absolute atomic E-state index is 0.129. The predicted octanol–water partition coefficient (Wildman–Crippen LogP) is 1.70. The highest BCUT2D eigenvalue weighted by Gasteiger charge is 2.17. The number of aromatic nitrogens is 1. The van der Waals surface area contributed by atoms with Crippen molar-refractivity contribution in [2.45, 2.75) is 13.8 Å². The molecule has 0 atom stereocenters. The lowest BCUT2D eigenvalue weighted by atomic mass is 10.2. The summed E-state index contributed by atoms with van der Waals surface area (Å²) in [4.78, 5) is 18.1. The van der Waals surface area contributed by atoms with Crippen molar-refractivity contribution in [2.24, 2.45) is 5.92 Å². The molecule has 0 saturated carbocycles. The highest BCUT2D eigenvalue weighted by molar-refractivity contribution is 5.92. The molecule has 0 aliphatic rings. The van der Waals surface area contributed by atoms with Crippen LogP contribution in [0.2, 0.25) is 0 Å². The fraction of sp³-hybridized carbons (Fsp3) is 0.500. The Bertz CT molecular complexity index is 449. The van der Waals surface area contributed by atoms with Crippen molar-refractivity contribution in [3.05, 3.63) is 29.6 Å². The summed E-state index contributed by atoms with van der Waals surface area (Å²) >= 11 is 0. The van der Waals surface area contributed by atoms with E-state index in [-0.39, 0.29) is 5.91 Å². The van der Waals surface area contributed by atoms with Crippen molar-refractivity contribution in [3.8, 4) is 6.07 Å². The molecule has 1 rings (SSSR count). The van der Waals surface area contributed by atoms with Gasteiger partial charge in [-0.1, -0.05) is 13.8 Å². The lowest BCUT2D eigenvalue weighted by Crippen LogP contribution is -2.37. The molecule has 0 unspecified atom stereocenters. The van der Waals surface area contributed by atoms with Crippen LogP contribution >= 0.6 is 0 Å². The highest BCUT2D eigenvalue weighted by atomic mass is 16.5. The van der Waals surface area contributed by atoms with Gasteiger partial charge in [0, 0.05) is 26.4 Å². The van der Waals surface area contributed by atoms with E-state index < -0.39 is 0 Å². The Labute approximate surface area is 113 Å². The smallest absolute Gasteiger partial charge is 0.272 e. The molecule has 102 valence electrons. The number of nitrogens with zero attached hydrogens (tertiary/aromatic N) is 3. The van der Waals surface area contributed by atoms with Crippen molar-refractivity contribution in [1.82, 2.24) is 9.88 Å². The lowest BCUT2D eigenvalue weighted by Gasteiger charge is -2.23. The second-order valence-electron chi connectivity index (χ2n) is 4.68. The maximum absolute atomic E-state index is 12.3. The number of nitriles is 1. The lowest BCUT2D eigenvalue weighted by molar-refractivity contribution is 0.0666. The fourth-order valence-corrected chi connectivity index (χ4v) is 1.67. The molecule has 1 amide bonds. The van der Waals surface area contributed by atoms with Gasteiger partial charge >= 0.3 is 0 Å². The van der Waals surface area contributed by atoms with Crippen LogP contribution < -0.4 is 0 Å². The third-order valence-electron chi connectivity index (χ3n) is 2.55. The molecule has 0 aliphatic carbocycles. The summed E-state index contributed by atoms with van der Waals surface area (Å²) in [6.45, 7) is 5.80. The Morgan fingerprint density at radius 2 is 2.26 bits per heavy atom. The van der Waals surface area contributed by atoms with Gasteiger partial charge in [-0.25, -0.2) is 4.98 Å². The van der Waals surface area contributed by atoms with E-state index in [1.807, 2.05) is 6.07 Å². The second kappa shape index (κ2) is 7.49. The van der Waals surface area contributed by atoms with Crippen LogP contribution in [0.3, 0.4) is 0 Å². The van der Waals surface area contributed by atoms with Crippen molar-refractivity contribution in [2.75, 3.05) is 26.8 Å². The second-order valence-corrected chi connectivity index (χ2v) is 4.68.